The summed E-state index contributed by atoms with van der Waals surface area (Å²) in [6, 6.07) is 11.0. The van der Waals surface area contributed by atoms with Crippen LogP contribution in [0, 0.1) is 39.0 Å². The lowest BCUT2D eigenvalue weighted by atomic mass is 9.98. The van der Waals surface area contributed by atoms with Crippen molar-refractivity contribution in [1.29, 1.82) is 5.26 Å². The fraction of sp³-hybridized carbons (Fsp3) is 0.429. The molecule has 2 N–H and O–H groups in total. The third-order valence-corrected chi connectivity index (χ3v) is 5.76. The maximum atomic E-state index is 13.7. The molecule has 0 saturated carbocycles. The molecule has 0 saturated heterocycles. The molecule has 36 heavy (non-hydrogen) atoms. The molecule has 2 aromatic carbocycles. The Bertz CT molecular complexity index is 1160. The fourth-order valence-corrected chi connectivity index (χ4v) is 3.78. The predicted octanol–water partition coefficient (Wildman–Crippen LogP) is 4.87. The van der Waals surface area contributed by atoms with Gasteiger partial charge in [0.1, 0.15) is 24.2 Å². The SMILES string of the molecule is Cc1ccc(C(C(=O)Nc2c(C)cccc2C)N(CC#N)C(=O)C(C)NC(=O)OC(C)(C)C)cc1C. The van der Waals surface area contributed by atoms with E-state index in [9.17, 15) is 19.6 Å². The van der Waals surface area contributed by atoms with Crippen molar-refractivity contribution < 1.29 is 19.1 Å². The van der Waals surface area contributed by atoms with Gasteiger partial charge in [0.05, 0.1) is 6.07 Å². The molecule has 0 aliphatic rings. The van der Waals surface area contributed by atoms with Crippen LogP contribution >= 0.6 is 0 Å². The van der Waals surface area contributed by atoms with E-state index in [-0.39, 0.29) is 6.54 Å². The zero-order valence-electron chi connectivity index (χ0n) is 22.4. The first-order chi connectivity index (χ1) is 16.7. The second-order valence-electron chi connectivity index (χ2n) is 9.99. The molecule has 0 fully saturated rings. The van der Waals surface area contributed by atoms with Crippen LogP contribution in [0.5, 0.6) is 0 Å². The number of nitriles is 1. The smallest absolute Gasteiger partial charge is 0.408 e. The van der Waals surface area contributed by atoms with Crippen molar-refractivity contribution in [3.8, 4) is 6.07 Å². The minimum Gasteiger partial charge on any atom is -0.444 e. The summed E-state index contributed by atoms with van der Waals surface area (Å²) in [5, 5.41) is 15.0. The van der Waals surface area contributed by atoms with Crippen molar-refractivity contribution in [2.24, 2.45) is 0 Å². The van der Waals surface area contributed by atoms with Crippen LogP contribution in [0.1, 0.15) is 61.6 Å². The lowest BCUT2D eigenvalue weighted by Crippen LogP contribution is -2.51. The number of amides is 3. The predicted molar refractivity (Wildman–Crippen MR) is 139 cm³/mol. The highest BCUT2D eigenvalue weighted by Crippen LogP contribution is 2.28. The molecule has 2 atom stereocenters. The van der Waals surface area contributed by atoms with Crippen LogP contribution in [0.15, 0.2) is 36.4 Å². The van der Waals surface area contributed by atoms with Gasteiger partial charge < -0.3 is 20.3 Å². The number of ether oxygens (including phenoxy) is 1. The number of carbonyl (C=O) groups is 3. The first kappa shape index (κ1) is 28.4. The third-order valence-electron chi connectivity index (χ3n) is 5.76. The largest absolute Gasteiger partial charge is 0.444 e. The summed E-state index contributed by atoms with van der Waals surface area (Å²) in [5.74, 6) is -1.04. The summed E-state index contributed by atoms with van der Waals surface area (Å²) in [5.41, 5.74) is 4.20. The number of para-hydroxylation sites is 1. The zero-order valence-corrected chi connectivity index (χ0v) is 22.4. The van der Waals surface area contributed by atoms with Gasteiger partial charge in [0.25, 0.3) is 5.91 Å². The van der Waals surface area contributed by atoms with Crippen LogP contribution in [0.2, 0.25) is 0 Å². The van der Waals surface area contributed by atoms with Crippen LogP contribution in [0.4, 0.5) is 10.5 Å². The zero-order chi connectivity index (χ0) is 27.2. The molecule has 0 aromatic heterocycles. The molecule has 2 unspecified atom stereocenters. The Morgan fingerprint density at radius 2 is 1.61 bits per heavy atom. The second-order valence-corrected chi connectivity index (χ2v) is 9.99. The van der Waals surface area contributed by atoms with E-state index in [1.807, 2.05) is 64.1 Å². The van der Waals surface area contributed by atoms with E-state index in [2.05, 4.69) is 10.6 Å². The Morgan fingerprint density at radius 3 is 2.14 bits per heavy atom. The molecule has 8 heteroatoms. The van der Waals surface area contributed by atoms with Crippen LogP contribution in [-0.2, 0) is 14.3 Å². The van der Waals surface area contributed by atoms with Gasteiger partial charge in [-0.25, -0.2) is 4.79 Å². The van der Waals surface area contributed by atoms with E-state index in [4.69, 9.17) is 4.74 Å². The summed E-state index contributed by atoms with van der Waals surface area (Å²) in [4.78, 5) is 40.7. The van der Waals surface area contributed by atoms with E-state index in [0.29, 0.717) is 11.3 Å². The van der Waals surface area contributed by atoms with Crippen LogP contribution in [-0.4, -0.2) is 41.0 Å². The summed E-state index contributed by atoms with van der Waals surface area (Å²) in [6.45, 7) is 13.9. The molecule has 2 rings (SSSR count). The van der Waals surface area contributed by atoms with Crippen LogP contribution < -0.4 is 10.6 Å². The molecular weight excluding hydrogens is 456 g/mol. The summed E-state index contributed by atoms with van der Waals surface area (Å²) in [7, 11) is 0. The minimum atomic E-state index is -1.10. The number of nitrogens with one attached hydrogen (secondary N) is 2. The van der Waals surface area contributed by atoms with Gasteiger partial charge in [0, 0.05) is 5.69 Å². The number of rotatable bonds is 7. The van der Waals surface area contributed by atoms with Crippen molar-refractivity contribution >= 4 is 23.6 Å². The molecule has 0 aliphatic carbocycles. The molecule has 192 valence electrons. The Hall–Kier alpha value is -3.86. The van der Waals surface area contributed by atoms with E-state index < -0.39 is 35.6 Å². The van der Waals surface area contributed by atoms with E-state index in [1.54, 1.807) is 26.8 Å². The van der Waals surface area contributed by atoms with Crippen molar-refractivity contribution in [1.82, 2.24) is 10.2 Å². The summed E-state index contributed by atoms with van der Waals surface area (Å²) < 4.78 is 5.26. The Balaban J connectivity index is 2.49. The highest BCUT2D eigenvalue weighted by molar-refractivity contribution is 6.00. The van der Waals surface area contributed by atoms with Gasteiger partial charge >= 0.3 is 6.09 Å². The monoisotopic (exact) mass is 492 g/mol. The molecule has 8 nitrogen and oxygen atoms in total. The second kappa shape index (κ2) is 11.7. The number of hydrogen-bond donors (Lipinski definition) is 2. The topological polar surface area (TPSA) is 112 Å². The highest BCUT2D eigenvalue weighted by atomic mass is 16.6. The maximum Gasteiger partial charge on any atom is 0.408 e. The van der Waals surface area contributed by atoms with Gasteiger partial charge in [-0.1, -0.05) is 36.4 Å². The van der Waals surface area contributed by atoms with Gasteiger partial charge in [-0.05, 0) is 83.2 Å². The number of nitrogens with zero attached hydrogens (tertiary/aromatic N) is 2. The van der Waals surface area contributed by atoms with Gasteiger partial charge in [-0.3, -0.25) is 9.59 Å². The minimum absolute atomic E-state index is 0.350. The van der Waals surface area contributed by atoms with E-state index in [1.165, 1.54) is 11.8 Å². The van der Waals surface area contributed by atoms with Gasteiger partial charge in [0.2, 0.25) is 5.91 Å². The molecular formula is C28H36N4O4. The van der Waals surface area contributed by atoms with Gasteiger partial charge in [0.15, 0.2) is 0 Å². The molecule has 0 aliphatic heterocycles. The number of alkyl carbamates (subject to hydrolysis) is 1. The Kier molecular flexibility index (Phi) is 9.23. The summed E-state index contributed by atoms with van der Waals surface area (Å²) >= 11 is 0. The van der Waals surface area contributed by atoms with Crippen LogP contribution in [0.25, 0.3) is 0 Å². The van der Waals surface area contributed by atoms with E-state index in [0.717, 1.165) is 22.3 Å². The summed E-state index contributed by atoms with van der Waals surface area (Å²) in [6.07, 6.45) is -0.761. The highest BCUT2D eigenvalue weighted by Gasteiger charge is 2.35. The molecule has 2 aromatic rings. The quantitative estimate of drug-likeness (QED) is 0.536. The average Bonchev–Trinajstić information content (AvgIpc) is 2.76. The Morgan fingerprint density at radius 1 is 1.00 bits per heavy atom. The number of benzene rings is 2. The van der Waals surface area contributed by atoms with Gasteiger partial charge in [-0.2, -0.15) is 5.26 Å². The van der Waals surface area contributed by atoms with E-state index >= 15 is 0 Å². The van der Waals surface area contributed by atoms with Crippen molar-refractivity contribution in [2.45, 2.75) is 73.1 Å². The number of hydrogen-bond acceptors (Lipinski definition) is 5. The number of carbonyl (C=O) groups excluding carboxylic acids is 3. The average molecular weight is 493 g/mol. The Labute approximate surface area is 213 Å². The standard InChI is InChI=1S/C28H36N4O4/c1-17-12-13-22(16-20(17)4)24(25(33)31-23-18(2)10-9-11-19(23)3)32(15-14-29)26(34)21(5)30-27(35)36-28(6,7)8/h9-13,16,21,24H,15H2,1-8H3,(H,30,35)(H,31,33). The molecule has 3 amide bonds. The molecule has 0 heterocycles. The molecule has 0 spiro atoms. The number of aryl methyl sites for hydroxylation is 4. The first-order valence-electron chi connectivity index (χ1n) is 11.9. The lowest BCUT2D eigenvalue weighted by molar-refractivity contribution is -0.139. The number of anilines is 1. The van der Waals surface area contributed by atoms with Crippen molar-refractivity contribution in [2.75, 3.05) is 11.9 Å². The molecule has 0 bridgehead atoms. The lowest BCUT2D eigenvalue weighted by Gasteiger charge is -2.32. The molecule has 0 radical (unpaired) electrons. The van der Waals surface area contributed by atoms with Gasteiger partial charge in [-0.15, -0.1) is 0 Å². The maximum absolute atomic E-state index is 13.7. The first-order valence-corrected chi connectivity index (χ1v) is 11.9. The third kappa shape index (κ3) is 7.32. The normalized spacial score (nSPS) is 12.6. The van der Waals surface area contributed by atoms with Crippen LogP contribution in [0.3, 0.4) is 0 Å². The van der Waals surface area contributed by atoms with Crippen molar-refractivity contribution in [3.63, 3.8) is 0 Å². The van der Waals surface area contributed by atoms with Crippen molar-refractivity contribution in [3.05, 3.63) is 64.2 Å². The fourth-order valence-electron chi connectivity index (χ4n) is 3.78.